The summed E-state index contributed by atoms with van der Waals surface area (Å²) in [5, 5.41) is 13.2. The lowest BCUT2D eigenvalue weighted by atomic mass is 10.4. The summed E-state index contributed by atoms with van der Waals surface area (Å²) in [7, 11) is 1.96. The van der Waals surface area contributed by atoms with E-state index in [1.54, 1.807) is 17.4 Å². The summed E-state index contributed by atoms with van der Waals surface area (Å²) in [6, 6.07) is 3.85. The molecule has 1 N–H and O–H groups in total. The second kappa shape index (κ2) is 5.99. The Bertz CT molecular complexity index is 619. The number of thiophene rings is 1. The molecule has 0 aliphatic heterocycles. The minimum Gasteiger partial charge on any atom is -0.354 e. The smallest absolute Gasteiger partial charge is 0.182 e. The van der Waals surface area contributed by atoms with E-state index in [0.29, 0.717) is 11.6 Å². The standard InChI is InChI=1S/C12H12BrN5S/c1-8-16-11(15-7-14)4-12(17-8)18(2)5-10-3-9(13)6-19-10/h3-4,6H,5H2,1-2H3,(H,15,16,17). The average molecular weight is 338 g/mol. The molecule has 2 heterocycles. The molecule has 0 saturated heterocycles. The second-order valence-corrected chi connectivity index (χ2v) is 5.89. The molecule has 2 aromatic rings. The van der Waals surface area contributed by atoms with Crippen LogP contribution in [0.4, 0.5) is 11.6 Å². The molecule has 2 rings (SSSR count). The summed E-state index contributed by atoms with van der Waals surface area (Å²) in [5.74, 6) is 1.94. The Labute approximate surface area is 124 Å². The third kappa shape index (κ3) is 3.66. The largest absolute Gasteiger partial charge is 0.354 e. The lowest BCUT2D eigenvalue weighted by Gasteiger charge is -2.18. The van der Waals surface area contributed by atoms with Crippen molar-refractivity contribution in [3.8, 4) is 6.19 Å². The minimum atomic E-state index is 0.518. The Kier molecular flexibility index (Phi) is 4.35. The lowest BCUT2D eigenvalue weighted by Crippen LogP contribution is -2.18. The van der Waals surface area contributed by atoms with E-state index >= 15 is 0 Å². The topological polar surface area (TPSA) is 64.8 Å². The van der Waals surface area contributed by atoms with Crippen molar-refractivity contribution < 1.29 is 0 Å². The Balaban J connectivity index is 2.18. The SMILES string of the molecule is Cc1nc(NC#N)cc(N(C)Cc2cc(Br)cs2)n1. The highest BCUT2D eigenvalue weighted by molar-refractivity contribution is 9.10. The molecule has 5 nitrogen and oxygen atoms in total. The van der Waals surface area contributed by atoms with Crippen LogP contribution in [0.3, 0.4) is 0 Å². The zero-order valence-corrected chi connectivity index (χ0v) is 12.9. The van der Waals surface area contributed by atoms with E-state index in [1.165, 1.54) is 4.88 Å². The molecule has 0 atom stereocenters. The Morgan fingerprint density at radius 3 is 2.89 bits per heavy atom. The molecular weight excluding hydrogens is 326 g/mol. The number of anilines is 2. The van der Waals surface area contributed by atoms with Crippen molar-refractivity contribution in [2.24, 2.45) is 0 Å². The van der Waals surface area contributed by atoms with Gasteiger partial charge in [0.2, 0.25) is 0 Å². The Morgan fingerprint density at radius 2 is 2.26 bits per heavy atom. The molecule has 0 fully saturated rings. The first kappa shape index (κ1) is 13.8. The molecule has 2 aromatic heterocycles. The molecule has 0 unspecified atom stereocenters. The van der Waals surface area contributed by atoms with Gasteiger partial charge in [0, 0.05) is 27.8 Å². The van der Waals surface area contributed by atoms with Gasteiger partial charge >= 0.3 is 0 Å². The van der Waals surface area contributed by atoms with Crippen molar-refractivity contribution in [3.63, 3.8) is 0 Å². The molecule has 98 valence electrons. The first-order chi connectivity index (χ1) is 9.08. The number of hydrogen-bond acceptors (Lipinski definition) is 6. The van der Waals surface area contributed by atoms with Crippen LogP contribution >= 0.6 is 27.3 Å². The van der Waals surface area contributed by atoms with Crippen molar-refractivity contribution in [1.29, 1.82) is 5.26 Å². The van der Waals surface area contributed by atoms with Crippen LogP contribution in [0, 0.1) is 18.4 Å². The number of nitriles is 1. The maximum absolute atomic E-state index is 8.64. The summed E-state index contributed by atoms with van der Waals surface area (Å²) in [4.78, 5) is 11.8. The zero-order valence-electron chi connectivity index (χ0n) is 10.5. The molecule has 7 heteroatoms. The van der Waals surface area contributed by atoms with E-state index in [-0.39, 0.29) is 0 Å². The van der Waals surface area contributed by atoms with Crippen LogP contribution in [0.5, 0.6) is 0 Å². The third-order valence-corrected chi connectivity index (χ3v) is 4.10. The van der Waals surface area contributed by atoms with Gasteiger partial charge in [0.15, 0.2) is 6.19 Å². The summed E-state index contributed by atoms with van der Waals surface area (Å²) >= 11 is 5.13. The van der Waals surface area contributed by atoms with Crippen LogP contribution in [0.1, 0.15) is 10.7 Å². The van der Waals surface area contributed by atoms with E-state index in [2.05, 4.69) is 42.7 Å². The van der Waals surface area contributed by atoms with Crippen LogP contribution in [-0.2, 0) is 6.54 Å². The van der Waals surface area contributed by atoms with Crippen molar-refractivity contribution in [3.05, 3.63) is 32.7 Å². The molecule has 0 saturated carbocycles. The summed E-state index contributed by atoms with van der Waals surface area (Å²) in [6.45, 7) is 2.57. The maximum atomic E-state index is 8.64. The van der Waals surface area contributed by atoms with Gasteiger partial charge in [0.05, 0.1) is 6.54 Å². The van der Waals surface area contributed by atoms with E-state index in [9.17, 15) is 0 Å². The summed E-state index contributed by atoms with van der Waals surface area (Å²) in [5.41, 5.74) is 0. The van der Waals surface area contributed by atoms with Crippen molar-refractivity contribution in [1.82, 2.24) is 9.97 Å². The van der Waals surface area contributed by atoms with Crippen molar-refractivity contribution in [2.45, 2.75) is 13.5 Å². The number of halogens is 1. The Morgan fingerprint density at radius 1 is 1.47 bits per heavy atom. The van der Waals surface area contributed by atoms with Crippen LogP contribution < -0.4 is 10.2 Å². The number of rotatable bonds is 4. The van der Waals surface area contributed by atoms with E-state index < -0.39 is 0 Å². The van der Waals surface area contributed by atoms with Crippen LogP contribution in [0.25, 0.3) is 0 Å². The minimum absolute atomic E-state index is 0.518. The van der Waals surface area contributed by atoms with E-state index in [1.807, 2.05) is 25.1 Å². The van der Waals surface area contributed by atoms with E-state index in [4.69, 9.17) is 5.26 Å². The maximum Gasteiger partial charge on any atom is 0.182 e. The molecule has 19 heavy (non-hydrogen) atoms. The van der Waals surface area contributed by atoms with Gasteiger partial charge in [-0.15, -0.1) is 11.3 Å². The first-order valence-corrected chi connectivity index (χ1v) is 7.20. The fraction of sp³-hybridized carbons (Fsp3) is 0.250. The quantitative estimate of drug-likeness (QED) is 0.685. The van der Waals surface area contributed by atoms with Crippen molar-refractivity contribution in [2.75, 3.05) is 17.3 Å². The number of aryl methyl sites for hydroxylation is 1. The molecule has 0 amide bonds. The molecule has 0 aliphatic carbocycles. The highest BCUT2D eigenvalue weighted by Crippen LogP contribution is 2.23. The average Bonchev–Trinajstić information content (AvgIpc) is 2.74. The number of hydrogen-bond donors (Lipinski definition) is 1. The molecule has 0 aliphatic rings. The van der Waals surface area contributed by atoms with Crippen LogP contribution in [0.15, 0.2) is 22.0 Å². The highest BCUT2D eigenvalue weighted by atomic mass is 79.9. The van der Waals surface area contributed by atoms with Crippen molar-refractivity contribution >= 4 is 38.9 Å². The first-order valence-electron chi connectivity index (χ1n) is 5.53. The fourth-order valence-corrected chi connectivity index (χ4v) is 3.12. The molecule has 0 spiro atoms. The van der Waals surface area contributed by atoms with Crippen LogP contribution in [-0.4, -0.2) is 17.0 Å². The molecule has 0 aromatic carbocycles. The second-order valence-electron chi connectivity index (χ2n) is 3.98. The molecule has 0 bridgehead atoms. The summed E-state index contributed by atoms with van der Waals surface area (Å²) < 4.78 is 1.09. The predicted octanol–water partition coefficient (Wildman–Crippen LogP) is 3.14. The van der Waals surface area contributed by atoms with E-state index in [0.717, 1.165) is 16.8 Å². The van der Waals surface area contributed by atoms with Gasteiger partial charge in [-0.1, -0.05) is 0 Å². The predicted molar refractivity (Wildman–Crippen MR) is 80.1 cm³/mol. The van der Waals surface area contributed by atoms with Gasteiger partial charge in [-0.3, -0.25) is 5.32 Å². The third-order valence-electron chi connectivity index (χ3n) is 2.41. The monoisotopic (exact) mass is 337 g/mol. The van der Waals surface area contributed by atoms with Gasteiger partial charge in [-0.25, -0.2) is 9.97 Å². The van der Waals surface area contributed by atoms with Gasteiger partial charge in [-0.05, 0) is 28.9 Å². The van der Waals surface area contributed by atoms with Gasteiger partial charge in [0.1, 0.15) is 17.5 Å². The molecule has 0 radical (unpaired) electrons. The van der Waals surface area contributed by atoms with Gasteiger partial charge in [0.25, 0.3) is 0 Å². The number of aromatic nitrogens is 2. The number of nitrogens with one attached hydrogen (secondary N) is 1. The normalized spacial score (nSPS) is 10.0. The fourth-order valence-electron chi connectivity index (χ4n) is 1.62. The lowest BCUT2D eigenvalue weighted by molar-refractivity contribution is 0.892. The highest BCUT2D eigenvalue weighted by Gasteiger charge is 2.08. The summed E-state index contributed by atoms with van der Waals surface area (Å²) in [6.07, 6.45) is 1.87. The van der Waals surface area contributed by atoms with Gasteiger partial charge in [-0.2, -0.15) is 5.26 Å². The molecular formula is C12H12BrN5S. The Hall–Kier alpha value is -1.65. The van der Waals surface area contributed by atoms with Crippen LogP contribution in [0.2, 0.25) is 0 Å². The number of nitrogens with zero attached hydrogens (tertiary/aromatic N) is 4. The van der Waals surface area contributed by atoms with Gasteiger partial charge < -0.3 is 4.90 Å². The zero-order chi connectivity index (χ0) is 13.8.